The Hall–Kier alpha value is -3.77. The first kappa shape index (κ1) is 25.9. The molecule has 1 aliphatic heterocycles. The molecule has 0 fully saturated rings. The highest BCUT2D eigenvalue weighted by Gasteiger charge is 2.25. The summed E-state index contributed by atoms with van der Waals surface area (Å²) in [4.78, 5) is 9.81. The summed E-state index contributed by atoms with van der Waals surface area (Å²) in [5, 5.41) is 7.28. The van der Waals surface area contributed by atoms with Crippen molar-refractivity contribution in [1.82, 2.24) is 20.4 Å². The molecule has 1 atom stereocenters. The zero-order valence-corrected chi connectivity index (χ0v) is 21.5. The summed E-state index contributed by atoms with van der Waals surface area (Å²) >= 11 is 0. The van der Waals surface area contributed by atoms with Crippen LogP contribution in [-0.2, 0) is 11.3 Å². The second kappa shape index (κ2) is 10.9. The maximum Gasteiger partial charge on any atom is 0.189 e. The van der Waals surface area contributed by atoms with Gasteiger partial charge in [0.1, 0.15) is 18.6 Å². The normalized spacial score (nSPS) is 14.7. The molecular formula is C27H28FN5O4S. The van der Waals surface area contributed by atoms with E-state index in [1.165, 1.54) is 6.26 Å². The molecule has 4 aromatic rings. The van der Waals surface area contributed by atoms with E-state index in [-0.39, 0.29) is 11.9 Å². The van der Waals surface area contributed by atoms with Crippen LogP contribution in [0.5, 0.6) is 0 Å². The number of benzene rings is 2. The van der Waals surface area contributed by atoms with Gasteiger partial charge in [-0.2, -0.15) is 0 Å². The minimum absolute atomic E-state index is 0.193. The standard InChI is InChI=1S/C27H28FN5O4S/c1-17(13-28)30-14-18-2-4-19(5-3-18)23-12-25(37-33-23)26-27(29)31-15-24(32-26)20-6-8-21(9-7-20)38(34,35)22-10-11-36-16-22/h2-9,12,15-17,30,34-35H,10-11,13-14H2,1H3,(H2,29,31). The number of ether oxygens (including phenoxy) is 1. The minimum atomic E-state index is -3.09. The second-order valence-electron chi connectivity index (χ2n) is 8.98. The summed E-state index contributed by atoms with van der Waals surface area (Å²) in [6, 6.07) is 16.1. The molecule has 5 rings (SSSR count). The number of halogens is 1. The van der Waals surface area contributed by atoms with Gasteiger partial charge in [-0.1, -0.05) is 41.6 Å². The maximum absolute atomic E-state index is 12.7. The number of nitrogens with two attached hydrogens (primary N) is 1. The van der Waals surface area contributed by atoms with Crippen LogP contribution in [0.15, 0.2) is 81.4 Å². The smallest absolute Gasteiger partial charge is 0.189 e. The average Bonchev–Trinajstić information content (AvgIpc) is 3.66. The molecule has 0 spiro atoms. The van der Waals surface area contributed by atoms with E-state index in [4.69, 9.17) is 15.0 Å². The van der Waals surface area contributed by atoms with E-state index in [2.05, 4.69) is 20.4 Å². The predicted octanol–water partition coefficient (Wildman–Crippen LogP) is 5.87. The summed E-state index contributed by atoms with van der Waals surface area (Å²) in [5.74, 6) is 0.562. The topological polar surface area (TPSA) is 140 Å². The number of alkyl halides is 1. The Bertz CT molecular complexity index is 1440. The molecule has 1 aliphatic rings. The third-order valence-electron chi connectivity index (χ3n) is 6.21. The molecule has 198 valence electrons. The van der Waals surface area contributed by atoms with Gasteiger partial charge in [0.25, 0.3) is 0 Å². The Morgan fingerprint density at radius 1 is 1.08 bits per heavy atom. The number of rotatable bonds is 9. The fraction of sp³-hybridized carbons (Fsp3) is 0.222. The van der Waals surface area contributed by atoms with Crippen molar-refractivity contribution in [2.24, 2.45) is 0 Å². The molecule has 0 bridgehead atoms. The zero-order chi connectivity index (χ0) is 26.7. The molecule has 9 nitrogen and oxygen atoms in total. The maximum atomic E-state index is 12.7. The fourth-order valence-electron chi connectivity index (χ4n) is 3.93. The Labute approximate surface area is 220 Å². The molecule has 0 amide bonds. The minimum Gasteiger partial charge on any atom is -0.499 e. The van der Waals surface area contributed by atoms with Gasteiger partial charge in [-0.05, 0) is 24.6 Å². The predicted molar refractivity (Wildman–Crippen MR) is 145 cm³/mol. The lowest BCUT2D eigenvalue weighted by molar-refractivity contribution is 0.281. The lowest BCUT2D eigenvalue weighted by atomic mass is 10.1. The number of hydrogen-bond donors (Lipinski definition) is 4. The largest absolute Gasteiger partial charge is 0.499 e. The Kier molecular flexibility index (Phi) is 7.43. The van der Waals surface area contributed by atoms with Crippen molar-refractivity contribution >= 4 is 16.4 Å². The molecule has 11 heteroatoms. The van der Waals surface area contributed by atoms with Crippen LogP contribution in [0.3, 0.4) is 0 Å². The number of nitrogens with zero attached hydrogens (tertiary/aromatic N) is 3. The number of nitrogens with one attached hydrogen (secondary N) is 1. The van der Waals surface area contributed by atoms with Crippen LogP contribution in [0.4, 0.5) is 10.2 Å². The van der Waals surface area contributed by atoms with Gasteiger partial charge in [0.2, 0.25) is 0 Å². The van der Waals surface area contributed by atoms with Crippen LogP contribution in [0.1, 0.15) is 18.9 Å². The van der Waals surface area contributed by atoms with Crippen molar-refractivity contribution < 1.29 is 22.8 Å². The molecule has 2 aromatic heterocycles. The average molecular weight is 538 g/mol. The van der Waals surface area contributed by atoms with Crippen molar-refractivity contribution in [3.63, 3.8) is 0 Å². The third-order valence-corrected chi connectivity index (χ3v) is 8.17. The summed E-state index contributed by atoms with van der Waals surface area (Å²) < 4.78 is 44.7. The van der Waals surface area contributed by atoms with Crippen LogP contribution >= 0.6 is 10.6 Å². The van der Waals surface area contributed by atoms with Crippen LogP contribution in [0.25, 0.3) is 34.0 Å². The SMILES string of the molecule is CC(CF)NCc1ccc(-c2cc(-c3nc(-c4ccc(S(O)(O)C5=COCC5)cc4)cnc3N)on2)cc1. The first-order chi connectivity index (χ1) is 18.3. The lowest BCUT2D eigenvalue weighted by Gasteiger charge is -2.32. The van der Waals surface area contributed by atoms with Crippen LogP contribution in [-0.4, -0.2) is 43.6 Å². The second-order valence-corrected chi connectivity index (χ2v) is 11.1. The quantitative estimate of drug-likeness (QED) is 0.206. The van der Waals surface area contributed by atoms with E-state index in [1.807, 2.05) is 24.3 Å². The summed E-state index contributed by atoms with van der Waals surface area (Å²) in [6.07, 6.45) is 3.46. The fourth-order valence-corrected chi connectivity index (χ4v) is 5.32. The van der Waals surface area contributed by atoms with Gasteiger partial charge >= 0.3 is 0 Å². The van der Waals surface area contributed by atoms with Gasteiger partial charge in [0.05, 0.1) is 28.3 Å². The van der Waals surface area contributed by atoms with Gasteiger partial charge in [0.15, 0.2) is 17.3 Å². The first-order valence-corrected chi connectivity index (χ1v) is 13.6. The zero-order valence-electron chi connectivity index (χ0n) is 20.7. The number of nitrogen functional groups attached to an aromatic ring is 1. The number of anilines is 1. The molecule has 0 aliphatic carbocycles. The van der Waals surface area contributed by atoms with Crippen molar-refractivity contribution in [3.05, 3.63) is 77.5 Å². The van der Waals surface area contributed by atoms with Crippen molar-refractivity contribution in [3.8, 4) is 34.0 Å². The Morgan fingerprint density at radius 2 is 1.79 bits per heavy atom. The third kappa shape index (κ3) is 5.41. The lowest BCUT2D eigenvalue weighted by Crippen LogP contribution is -2.27. The molecule has 38 heavy (non-hydrogen) atoms. The van der Waals surface area contributed by atoms with Crippen LogP contribution < -0.4 is 11.1 Å². The van der Waals surface area contributed by atoms with Crippen molar-refractivity contribution in [2.45, 2.75) is 30.8 Å². The van der Waals surface area contributed by atoms with Gasteiger partial charge < -0.3 is 20.3 Å². The summed E-state index contributed by atoms with van der Waals surface area (Å²) in [6.45, 7) is 2.39. The van der Waals surface area contributed by atoms with E-state index in [0.717, 1.165) is 16.7 Å². The van der Waals surface area contributed by atoms with Gasteiger partial charge in [-0.3, -0.25) is 9.11 Å². The number of aromatic nitrogens is 3. The van der Waals surface area contributed by atoms with E-state index >= 15 is 0 Å². The molecule has 3 heterocycles. The van der Waals surface area contributed by atoms with Crippen LogP contribution in [0.2, 0.25) is 0 Å². The van der Waals surface area contributed by atoms with E-state index in [9.17, 15) is 13.5 Å². The van der Waals surface area contributed by atoms with E-state index in [1.54, 1.807) is 43.5 Å². The molecule has 1 unspecified atom stereocenters. The van der Waals surface area contributed by atoms with Gasteiger partial charge in [0, 0.05) is 36.2 Å². The molecular weight excluding hydrogens is 509 g/mol. The summed E-state index contributed by atoms with van der Waals surface area (Å²) in [5.41, 5.74) is 10.2. The van der Waals surface area contributed by atoms with Crippen LogP contribution in [0, 0.1) is 0 Å². The molecule has 0 saturated carbocycles. The highest BCUT2D eigenvalue weighted by atomic mass is 32.3. The van der Waals surface area contributed by atoms with Gasteiger partial charge in [-0.15, -0.1) is 10.6 Å². The molecule has 2 aromatic carbocycles. The van der Waals surface area contributed by atoms with E-state index < -0.39 is 17.3 Å². The molecule has 5 N–H and O–H groups in total. The Morgan fingerprint density at radius 3 is 2.47 bits per heavy atom. The molecule has 0 saturated heterocycles. The van der Waals surface area contributed by atoms with Crippen molar-refractivity contribution in [2.75, 3.05) is 19.0 Å². The number of hydrogen-bond acceptors (Lipinski definition) is 9. The molecule has 0 radical (unpaired) electrons. The van der Waals surface area contributed by atoms with Crippen molar-refractivity contribution in [1.29, 1.82) is 0 Å². The van der Waals surface area contributed by atoms with Gasteiger partial charge in [-0.25, -0.2) is 14.4 Å². The monoisotopic (exact) mass is 537 g/mol. The highest BCUT2D eigenvalue weighted by molar-refractivity contribution is 8.27. The van der Waals surface area contributed by atoms with E-state index in [0.29, 0.717) is 52.2 Å². The summed E-state index contributed by atoms with van der Waals surface area (Å²) in [7, 11) is -3.09. The first-order valence-electron chi connectivity index (χ1n) is 12.0. The Balaban J connectivity index is 1.35. The highest BCUT2D eigenvalue weighted by Crippen LogP contribution is 2.57.